The Morgan fingerprint density at radius 1 is 0.804 bits per heavy atom. The van der Waals surface area contributed by atoms with Crippen LogP contribution in [0.2, 0.25) is 0 Å². The molecule has 0 saturated carbocycles. The molecule has 1 saturated heterocycles. The minimum atomic E-state index is 0.375. The van der Waals surface area contributed by atoms with Gasteiger partial charge in [-0.25, -0.2) is 20.0 Å². The van der Waals surface area contributed by atoms with Crippen LogP contribution in [0.4, 0.5) is 11.5 Å². The van der Waals surface area contributed by atoms with Gasteiger partial charge in [0, 0.05) is 75.0 Å². The third-order valence-corrected chi connectivity index (χ3v) is 7.70. The van der Waals surface area contributed by atoms with Gasteiger partial charge in [0.25, 0.3) is 0 Å². The standard InChI is InChI=1S/C34H36N6O6/c1-42-16-18-44-32-20-29-30(21-33(32)45-19-17-43-2)36-23-37-34(29)38-12-14-39(15-13-38)40(24-41)26-6-8-27(9-7-26)46-31-5-3-4-25-22-35-11-10-28(25)31/h3-11,20-24H,12-19H2,1-2H3. The van der Waals surface area contributed by atoms with Crippen LogP contribution in [-0.2, 0) is 14.3 Å². The fourth-order valence-corrected chi connectivity index (χ4v) is 5.39. The number of rotatable bonds is 14. The van der Waals surface area contributed by atoms with Gasteiger partial charge in [-0.1, -0.05) is 12.1 Å². The molecule has 0 unspecified atom stereocenters. The first-order valence-electron chi connectivity index (χ1n) is 15.1. The van der Waals surface area contributed by atoms with E-state index in [1.54, 1.807) is 31.8 Å². The van der Waals surface area contributed by atoms with Crippen molar-refractivity contribution < 1.29 is 28.5 Å². The Bertz CT molecular complexity index is 1760. The average Bonchev–Trinajstić information content (AvgIpc) is 3.10. The van der Waals surface area contributed by atoms with Crippen LogP contribution >= 0.6 is 0 Å². The van der Waals surface area contributed by atoms with Crippen LogP contribution in [0.15, 0.2) is 79.4 Å². The first kappa shape index (κ1) is 31.0. The van der Waals surface area contributed by atoms with Gasteiger partial charge in [0.2, 0.25) is 6.41 Å². The molecule has 0 radical (unpaired) electrons. The van der Waals surface area contributed by atoms with Crippen LogP contribution in [0.25, 0.3) is 21.7 Å². The number of piperazine rings is 1. The van der Waals surface area contributed by atoms with Crippen LogP contribution in [0.1, 0.15) is 0 Å². The van der Waals surface area contributed by atoms with Gasteiger partial charge in [-0.15, -0.1) is 0 Å². The van der Waals surface area contributed by atoms with Gasteiger partial charge < -0.3 is 28.6 Å². The summed E-state index contributed by atoms with van der Waals surface area (Å²) in [5.41, 5.74) is 1.50. The number of methoxy groups -OCH3 is 2. The molecule has 1 amide bonds. The summed E-state index contributed by atoms with van der Waals surface area (Å²) in [5, 5.41) is 6.52. The fraction of sp³-hybridized carbons (Fsp3) is 0.294. The zero-order chi connectivity index (χ0) is 31.7. The predicted octanol–water partition coefficient (Wildman–Crippen LogP) is 4.72. The first-order chi connectivity index (χ1) is 22.7. The van der Waals surface area contributed by atoms with E-state index < -0.39 is 0 Å². The summed E-state index contributed by atoms with van der Waals surface area (Å²) in [6.07, 6.45) is 5.97. The topological polar surface area (TPSA) is 112 Å². The molecule has 12 heteroatoms. The van der Waals surface area contributed by atoms with E-state index in [1.807, 2.05) is 71.9 Å². The number of nitrogens with zero attached hydrogens (tertiary/aromatic N) is 6. The lowest BCUT2D eigenvalue weighted by Gasteiger charge is -2.40. The van der Waals surface area contributed by atoms with Gasteiger partial charge in [0.15, 0.2) is 11.5 Å². The molecule has 0 N–H and O–H groups in total. The molecular weight excluding hydrogens is 588 g/mol. The number of benzene rings is 3. The molecular formula is C34H36N6O6. The number of hydrazine groups is 1. The summed E-state index contributed by atoms with van der Waals surface area (Å²) < 4.78 is 28.4. The number of pyridine rings is 1. The number of amides is 1. The monoisotopic (exact) mass is 624 g/mol. The molecule has 0 aliphatic carbocycles. The second-order valence-electron chi connectivity index (χ2n) is 10.5. The number of anilines is 2. The molecule has 3 aromatic carbocycles. The van der Waals surface area contributed by atoms with E-state index in [1.165, 1.54) is 0 Å². The third kappa shape index (κ3) is 6.94. The molecule has 6 rings (SSSR count). The molecule has 1 aliphatic heterocycles. The minimum Gasteiger partial charge on any atom is -0.487 e. The highest BCUT2D eigenvalue weighted by Gasteiger charge is 2.25. The van der Waals surface area contributed by atoms with Crippen LogP contribution in [0.3, 0.4) is 0 Å². The van der Waals surface area contributed by atoms with E-state index in [4.69, 9.17) is 23.7 Å². The molecule has 238 valence electrons. The van der Waals surface area contributed by atoms with Crippen molar-refractivity contribution in [1.29, 1.82) is 0 Å². The first-order valence-corrected chi connectivity index (χ1v) is 15.1. The summed E-state index contributed by atoms with van der Waals surface area (Å²) in [7, 11) is 3.26. The van der Waals surface area contributed by atoms with E-state index >= 15 is 0 Å². The van der Waals surface area contributed by atoms with Crippen LogP contribution in [0.5, 0.6) is 23.0 Å². The zero-order valence-electron chi connectivity index (χ0n) is 25.9. The molecule has 3 heterocycles. The summed E-state index contributed by atoms with van der Waals surface area (Å²) in [6, 6.07) is 19.1. The average molecular weight is 625 g/mol. The Morgan fingerprint density at radius 2 is 1.54 bits per heavy atom. The van der Waals surface area contributed by atoms with E-state index in [0.717, 1.165) is 45.3 Å². The Balaban J connectivity index is 1.14. The van der Waals surface area contributed by atoms with E-state index in [9.17, 15) is 4.79 Å². The SMILES string of the molecule is COCCOc1cc2ncnc(N3CCN(N(C=O)c4ccc(Oc5cccc6cnccc56)cc4)CC3)c2cc1OCCOC. The van der Waals surface area contributed by atoms with Gasteiger partial charge in [-0.2, -0.15) is 0 Å². The quantitative estimate of drug-likeness (QED) is 0.126. The lowest BCUT2D eigenvalue weighted by molar-refractivity contribution is -0.110. The van der Waals surface area contributed by atoms with Crippen molar-refractivity contribution in [3.8, 4) is 23.0 Å². The highest BCUT2D eigenvalue weighted by molar-refractivity contribution is 5.92. The summed E-state index contributed by atoms with van der Waals surface area (Å²) in [5.74, 6) is 3.40. The van der Waals surface area contributed by atoms with Crippen molar-refractivity contribution in [2.75, 3.05) is 76.7 Å². The van der Waals surface area contributed by atoms with Crippen molar-refractivity contribution in [3.05, 3.63) is 79.4 Å². The number of carbonyl (C=O) groups is 1. The Morgan fingerprint density at radius 3 is 2.26 bits per heavy atom. The second-order valence-corrected chi connectivity index (χ2v) is 10.5. The van der Waals surface area contributed by atoms with Gasteiger partial charge in [0.05, 0.1) is 24.4 Å². The number of hydrogen-bond donors (Lipinski definition) is 0. The molecule has 0 spiro atoms. The van der Waals surface area contributed by atoms with Crippen molar-refractivity contribution in [2.24, 2.45) is 0 Å². The Kier molecular flexibility index (Phi) is 9.98. The highest BCUT2D eigenvalue weighted by Crippen LogP contribution is 2.36. The molecule has 12 nitrogen and oxygen atoms in total. The van der Waals surface area contributed by atoms with Gasteiger partial charge in [-0.05, 0) is 42.5 Å². The predicted molar refractivity (Wildman–Crippen MR) is 175 cm³/mol. The maximum atomic E-state index is 12.3. The minimum absolute atomic E-state index is 0.375. The number of ether oxygens (including phenoxy) is 5. The number of fused-ring (bicyclic) bond motifs is 2. The molecule has 2 aromatic heterocycles. The van der Waals surface area contributed by atoms with Crippen molar-refractivity contribution in [1.82, 2.24) is 20.0 Å². The zero-order valence-corrected chi connectivity index (χ0v) is 25.9. The van der Waals surface area contributed by atoms with Crippen LogP contribution < -0.4 is 24.1 Å². The van der Waals surface area contributed by atoms with Crippen molar-refractivity contribution in [2.45, 2.75) is 0 Å². The van der Waals surface area contributed by atoms with Gasteiger partial charge in [-0.3, -0.25) is 9.78 Å². The number of hydrogen-bond acceptors (Lipinski definition) is 11. The fourth-order valence-electron chi connectivity index (χ4n) is 5.39. The Labute approximate surface area is 267 Å². The lowest BCUT2D eigenvalue weighted by Crippen LogP contribution is -2.54. The summed E-state index contributed by atoms with van der Waals surface area (Å²) in [6.45, 7) is 4.19. The normalized spacial score (nSPS) is 13.6. The van der Waals surface area contributed by atoms with Gasteiger partial charge >= 0.3 is 0 Å². The largest absolute Gasteiger partial charge is 0.487 e. The maximum absolute atomic E-state index is 12.3. The van der Waals surface area contributed by atoms with Gasteiger partial charge in [0.1, 0.15) is 36.9 Å². The Hall–Kier alpha value is -5.04. The van der Waals surface area contributed by atoms with Crippen molar-refractivity contribution >= 4 is 39.6 Å². The second kappa shape index (κ2) is 14.8. The summed E-state index contributed by atoms with van der Waals surface area (Å²) in [4.78, 5) is 27.8. The molecule has 0 atom stereocenters. The summed E-state index contributed by atoms with van der Waals surface area (Å²) >= 11 is 0. The van der Waals surface area contributed by atoms with E-state index in [-0.39, 0.29) is 0 Å². The number of aromatic nitrogens is 3. The third-order valence-electron chi connectivity index (χ3n) is 7.70. The van der Waals surface area contributed by atoms with Crippen molar-refractivity contribution in [3.63, 3.8) is 0 Å². The smallest absolute Gasteiger partial charge is 0.228 e. The van der Waals surface area contributed by atoms with Crippen LogP contribution in [-0.4, -0.2) is 93.2 Å². The van der Waals surface area contributed by atoms with Crippen LogP contribution in [0, 0.1) is 0 Å². The van der Waals surface area contributed by atoms with E-state index in [2.05, 4.69) is 19.9 Å². The molecule has 1 fully saturated rings. The molecule has 0 bridgehead atoms. The highest BCUT2D eigenvalue weighted by atomic mass is 16.5. The lowest BCUT2D eigenvalue weighted by atomic mass is 10.1. The van der Waals surface area contributed by atoms with E-state index in [0.29, 0.717) is 69.9 Å². The number of carbonyl (C=O) groups excluding carboxylic acids is 1. The molecule has 46 heavy (non-hydrogen) atoms. The molecule has 1 aliphatic rings. The molecule has 5 aromatic rings. The maximum Gasteiger partial charge on any atom is 0.228 e.